The summed E-state index contributed by atoms with van der Waals surface area (Å²) in [6.45, 7) is 5.42. The van der Waals surface area contributed by atoms with E-state index in [1.165, 1.54) is 11.1 Å². The van der Waals surface area contributed by atoms with Crippen molar-refractivity contribution < 1.29 is 4.39 Å². The number of rotatable bonds is 5. The van der Waals surface area contributed by atoms with Crippen LogP contribution in [-0.2, 0) is 19.5 Å². The molecule has 100 valence electrons. The van der Waals surface area contributed by atoms with Gasteiger partial charge in [0.1, 0.15) is 5.82 Å². The van der Waals surface area contributed by atoms with Crippen molar-refractivity contribution >= 4 is 0 Å². The molecular formula is C17H20FN. The van der Waals surface area contributed by atoms with Crippen LogP contribution in [0.25, 0.3) is 0 Å². The summed E-state index contributed by atoms with van der Waals surface area (Å²) < 4.78 is 13.4. The SMILES string of the molecule is CCc1ccc(CNCc2ccc(C)c(F)c2)cc1. The van der Waals surface area contributed by atoms with Crippen LogP contribution in [-0.4, -0.2) is 0 Å². The summed E-state index contributed by atoms with van der Waals surface area (Å²) in [5.74, 6) is -0.133. The maximum atomic E-state index is 13.4. The van der Waals surface area contributed by atoms with Gasteiger partial charge in [-0.15, -0.1) is 0 Å². The average Bonchev–Trinajstić information content (AvgIpc) is 2.43. The van der Waals surface area contributed by atoms with Gasteiger partial charge in [-0.05, 0) is 41.7 Å². The zero-order chi connectivity index (χ0) is 13.7. The van der Waals surface area contributed by atoms with Gasteiger partial charge in [0.15, 0.2) is 0 Å². The molecule has 0 aromatic heterocycles. The Bertz CT molecular complexity index is 531. The summed E-state index contributed by atoms with van der Waals surface area (Å²) in [7, 11) is 0. The molecule has 1 N–H and O–H groups in total. The van der Waals surface area contributed by atoms with E-state index < -0.39 is 0 Å². The van der Waals surface area contributed by atoms with Crippen LogP contribution in [0.3, 0.4) is 0 Å². The highest BCUT2D eigenvalue weighted by molar-refractivity contribution is 5.24. The van der Waals surface area contributed by atoms with Gasteiger partial charge in [0.25, 0.3) is 0 Å². The quantitative estimate of drug-likeness (QED) is 0.854. The normalized spacial score (nSPS) is 10.7. The Morgan fingerprint density at radius 3 is 2.11 bits per heavy atom. The van der Waals surface area contributed by atoms with Crippen LogP contribution in [0, 0.1) is 12.7 Å². The number of hydrogen-bond acceptors (Lipinski definition) is 1. The van der Waals surface area contributed by atoms with E-state index in [9.17, 15) is 4.39 Å². The summed E-state index contributed by atoms with van der Waals surface area (Å²) in [5.41, 5.74) is 4.28. The van der Waals surface area contributed by atoms with Gasteiger partial charge in [-0.25, -0.2) is 4.39 Å². The van der Waals surface area contributed by atoms with Crippen molar-refractivity contribution in [3.63, 3.8) is 0 Å². The molecular weight excluding hydrogens is 237 g/mol. The molecule has 0 saturated heterocycles. The van der Waals surface area contributed by atoms with E-state index in [4.69, 9.17) is 0 Å². The second-order valence-electron chi connectivity index (χ2n) is 4.86. The number of halogens is 1. The summed E-state index contributed by atoms with van der Waals surface area (Å²) >= 11 is 0. The summed E-state index contributed by atoms with van der Waals surface area (Å²) in [5, 5.41) is 3.34. The largest absolute Gasteiger partial charge is 0.309 e. The fourth-order valence-electron chi connectivity index (χ4n) is 1.99. The van der Waals surface area contributed by atoms with Crippen LogP contribution < -0.4 is 5.32 Å². The Morgan fingerprint density at radius 1 is 0.895 bits per heavy atom. The minimum Gasteiger partial charge on any atom is -0.309 e. The lowest BCUT2D eigenvalue weighted by Crippen LogP contribution is -2.12. The molecule has 0 radical (unpaired) electrons. The Labute approximate surface area is 114 Å². The van der Waals surface area contributed by atoms with Crippen molar-refractivity contribution in [2.75, 3.05) is 0 Å². The summed E-state index contributed by atoms with van der Waals surface area (Å²) in [4.78, 5) is 0. The van der Waals surface area contributed by atoms with Gasteiger partial charge < -0.3 is 5.32 Å². The average molecular weight is 257 g/mol. The van der Waals surface area contributed by atoms with Crippen LogP contribution in [0.5, 0.6) is 0 Å². The third kappa shape index (κ3) is 3.90. The van der Waals surface area contributed by atoms with Crippen molar-refractivity contribution in [3.8, 4) is 0 Å². The predicted octanol–water partition coefficient (Wildman–Crippen LogP) is 3.99. The molecule has 2 aromatic carbocycles. The lowest BCUT2D eigenvalue weighted by Gasteiger charge is -2.07. The van der Waals surface area contributed by atoms with E-state index >= 15 is 0 Å². The van der Waals surface area contributed by atoms with Crippen LogP contribution in [0.4, 0.5) is 4.39 Å². The molecule has 0 heterocycles. The molecule has 1 nitrogen and oxygen atoms in total. The van der Waals surface area contributed by atoms with Crippen LogP contribution in [0.1, 0.15) is 29.2 Å². The number of aryl methyl sites for hydroxylation is 2. The Hall–Kier alpha value is -1.67. The number of benzene rings is 2. The van der Waals surface area contributed by atoms with Crippen molar-refractivity contribution in [2.24, 2.45) is 0 Å². The standard InChI is InChI=1S/C17H20FN/c1-3-14-6-8-15(9-7-14)11-19-12-16-5-4-13(2)17(18)10-16/h4-10,19H,3,11-12H2,1-2H3. The van der Waals surface area contributed by atoms with Crippen molar-refractivity contribution in [1.29, 1.82) is 0 Å². The fraction of sp³-hybridized carbons (Fsp3) is 0.294. The smallest absolute Gasteiger partial charge is 0.126 e. The van der Waals surface area contributed by atoms with Gasteiger partial charge in [-0.1, -0.05) is 43.3 Å². The molecule has 0 amide bonds. The predicted molar refractivity (Wildman–Crippen MR) is 77.5 cm³/mol. The fourth-order valence-corrected chi connectivity index (χ4v) is 1.99. The first-order valence-electron chi connectivity index (χ1n) is 6.72. The maximum Gasteiger partial charge on any atom is 0.126 e. The number of nitrogens with one attached hydrogen (secondary N) is 1. The lowest BCUT2D eigenvalue weighted by atomic mass is 10.1. The van der Waals surface area contributed by atoms with Gasteiger partial charge in [0.05, 0.1) is 0 Å². The molecule has 0 bridgehead atoms. The summed E-state index contributed by atoms with van der Waals surface area (Å²) in [6.07, 6.45) is 1.07. The van der Waals surface area contributed by atoms with Crippen molar-refractivity contribution in [2.45, 2.75) is 33.4 Å². The van der Waals surface area contributed by atoms with Gasteiger partial charge in [-0.2, -0.15) is 0 Å². The van der Waals surface area contributed by atoms with E-state index in [0.717, 1.165) is 18.5 Å². The van der Waals surface area contributed by atoms with Gasteiger partial charge >= 0.3 is 0 Å². The minimum absolute atomic E-state index is 0.133. The first-order chi connectivity index (χ1) is 9.19. The molecule has 19 heavy (non-hydrogen) atoms. The second kappa shape index (κ2) is 6.48. The molecule has 0 spiro atoms. The lowest BCUT2D eigenvalue weighted by molar-refractivity contribution is 0.611. The van der Waals surface area contributed by atoms with Crippen LogP contribution >= 0.6 is 0 Å². The van der Waals surface area contributed by atoms with Crippen molar-refractivity contribution in [3.05, 3.63) is 70.5 Å². The first-order valence-corrected chi connectivity index (χ1v) is 6.72. The maximum absolute atomic E-state index is 13.4. The molecule has 0 fully saturated rings. The molecule has 0 saturated carbocycles. The Morgan fingerprint density at radius 2 is 1.47 bits per heavy atom. The topological polar surface area (TPSA) is 12.0 Å². The summed E-state index contributed by atoms with van der Waals surface area (Å²) in [6, 6.07) is 14.0. The van der Waals surface area contributed by atoms with Crippen LogP contribution in [0.2, 0.25) is 0 Å². The van der Waals surface area contributed by atoms with Crippen molar-refractivity contribution in [1.82, 2.24) is 5.32 Å². The molecule has 2 heteroatoms. The highest BCUT2D eigenvalue weighted by Gasteiger charge is 1.99. The minimum atomic E-state index is -0.133. The Kier molecular flexibility index (Phi) is 4.69. The number of hydrogen-bond donors (Lipinski definition) is 1. The van der Waals surface area contributed by atoms with Gasteiger partial charge in [0.2, 0.25) is 0 Å². The van der Waals surface area contributed by atoms with Gasteiger partial charge in [0, 0.05) is 13.1 Å². The molecule has 0 atom stereocenters. The van der Waals surface area contributed by atoms with E-state index in [0.29, 0.717) is 12.1 Å². The molecule has 0 aliphatic carbocycles. The highest BCUT2D eigenvalue weighted by atomic mass is 19.1. The second-order valence-corrected chi connectivity index (χ2v) is 4.86. The third-order valence-electron chi connectivity index (χ3n) is 3.33. The molecule has 0 unspecified atom stereocenters. The monoisotopic (exact) mass is 257 g/mol. The van der Waals surface area contributed by atoms with E-state index in [1.54, 1.807) is 13.0 Å². The zero-order valence-electron chi connectivity index (χ0n) is 11.5. The molecule has 2 rings (SSSR count). The third-order valence-corrected chi connectivity index (χ3v) is 3.33. The Balaban J connectivity index is 1.86. The van der Waals surface area contributed by atoms with Gasteiger partial charge in [-0.3, -0.25) is 0 Å². The molecule has 2 aromatic rings. The highest BCUT2D eigenvalue weighted by Crippen LogP contribution is 2.09. The van der Waals surface area contributed by atoms with E-state index in [-0.39, 0.29) is 5.82 Å². The zero-order valence-corrected chi connectivity index (χ0v) is 11.5. The van der Waals surface area contributed by atoms with E-state index in [2.05, 4.69) is 36.5 Å². The van der Waals surface area contributed by atoms with Crippen LogP contribution in [0.15, 0.2) is 42.5 Å². The molecule has 0 aliphatic rings. The first kappa shape index (κ1) is 13.8. The molecule has 0 aliphatic heterocycles. The van der Waals surface area contributed by atoms with E-state index in [1.807, 2.05) is 12.1 Å².